The Morgan fingerprint density at radius 3 is 2.92 bits per heavy atom. The molecule has 0 unspecified atom stereocenters. The summed E-state index contributed by atoms with van der Waals surface area (Å²) >= 11 is 0. The van der Waals surface area contributed by atoms with Gasteiger partial charge in [0.2, 0.25) is 0 Å². The number of ether oxygens (including phenoxy) is 1. The topological polar surface area (TPSA) is 9.23 Å². The smallest absolute Gasteiger partial charge is 0.135 e. The average molecular weight is 172 g/mol. The van der Waals surface area contributed by atoms with Crippen molar-refractivity contribution in [3.05, 3.63) is 42.0 Å². The van der Waals surface area contributed by atoms with Crippen molar-refractivity contribution < 1.29 is 4.74 Å². The van der Waals surface area contributed by atoms with Crippen molar-refractivity contribution in [2.24, 2.45) is 0 Å². The maximum Gasteiger partial charge on any atom is 0.135 e. The lowest BCUT2D eigenvalue weighted by molar-refractivity contribution is 0.362. The summed E-state index contributed by atoms with van der Waals surface area (Å²) in [4.78, 5) is 0. The molecule has 0 fully saturated rings. The molecule has 0 bridgehead atoms. The number of para-hydroxylation sites is 1. The first-order chi connectivity index (χ1) is 6.38. The van der Waals surface area contributed by atoms with Gasteiger partial charge in [-0.15, -0.1) is 6.42 Å². The molecule has 1 heteroatoms. The van der Waals surface area contributed by atoms with Gasteiger partial charge in [-0.1, -0.05) is 30.2 Å². The van der Waals surface area contributed by atoms with Gasteiger partial charge < -0.3 is 4.74 Å². The third-order valence-electron chi connectivity index (χ3n) is 1.61. The molecule has 0 saturated carbocycles. The summed E-state index contributed by atoms with van der Waals surface area (Å²) < 4.78 is 5.44. The first-order valence-electron chi connectivity index (χ1n) is 4.18. The molecule has 0 aliphatic rings. The molecule has 0 amide bonds. The Kier molecular flexibility index (Phi) is 3.66. The molecule has 1 aromatic carbocycles. The highest BCUT2D eigenvalue weighted by molar-refractivity contribution is 5.44. The fourth-order valence-electron chi connectivity index (χ4n) is 0.946. The summed E-state index contributed by atoms with van der Waals surface area (Å²) in [6.45, 7) is 2.52. The molecule has 0 aromatic heterocycles. The molecular formula is C12H12O. The van der Waals surface area contributed by atoms with Crippen molar-refractivity contribution in [2.45, 2.75) is 6.92 Å². The molecule has 1 rings (SSSR count). The van der Waals surface area contributed by atoms with Crippen LogP contribution < -0.4 is 4.74 Å². The molecule has 0 radical (unpaired) electrons. The van der Waals surface area contributed by atoms with Crippen LogP contribution in [0.5, 0.6) is 5.75 Å². The Morgan fingerprint density at radius 2 is 2.23 bits per heavy atom. The Hall–Kier alpha value is -1.68. The third kappa shape index (κ3) is 2.68. The second-order valence-electron chi connectivity index (χ2n) is 2.52. The summed E-state index contributed by atoms with van der Waals surface area (Å²) in [5.41, 5.74) is 0.798. The average Bonchev–Trinajstić information content (AvgIpc) is 2.19. The number of allylic oxidation sites excluding steroid dienone is 1. The van der Waals surface area contributed by atoms with Crippen molar-refractivity contribution in [1.82, 2.24) is 0 Å². The molecule has 13 heavy (non-hydrogen) atoms. The van der Waals surface area contributed by atoms with Crippen LogP contribution in [0.4, 0.5) is 0 Å². The quantitative estimate of drug-likeness (QED) is 0.503. The van der Waals surface area contributed by atoms with Crippen molar-refractivity contribution in [2.75, 3.05) is 6.61 Å². The lowest BCUT2D eigenvalue weighted by atomic mass is 10.2. The van der Waals surface area contributed by atoms with Gasteiger partial charge in [-0.05, 0) is 19.1 Å². The van der Waals surface area contributed by atoms with E-state index in [0.29, 0.717) is 6.61 Å². The Morgan fingerprint density at radius 1 is 1.46 bits per heavy atom. The minimum atomic E-state index is 0.565. The Balaban J connectivity index is 2.71. The van der Waals surface area contributed by atoms with Gasteiger partial charge >= 0.3 is 0 Å². The van der Waals surface area contributed by atoms with E-state index in [1.807, 2.05) is 43.3 Å². The van der Waals surface area contributed by atoms with Crippen LogP contribution in [0.1, 0.15) is 12.5 Å². The molecule has 1 nitrogen and oxygen atoms in total. The predicted molar refractivity (Wildman–Crippen MR) is 54.7 cm³/mol. The third-order valence-corrected chi connectivity index (χ3v) is 1.61. The van der Waals surface area contributed by atoms with E-state index in [4.69, 9.17) is 11.2 Å². The number of hydrogen-bond donors (Lipinski definition) is 0. The maximum atomic E-state index is 5.44. The van der Waals surface area contributed by atoms with Crippen LogP contribution in [-0.2, 0) is 0 Å². The maximum absolute atomic E-state index is 5.44. The standard InChI is InChI=1S/C12H12O/c1-3-5-10-13-12-9-7-6-8-11(12)4-2/h2-3,5-9H,10H2,1H3/b5-3-. The fourth-order valence-corrected chi connectivity index (χ4v) is 0.946. The first kappa shape index (κ1) is 9.41. The number of hydrogen-bond acceptors (Lipinski definition) is 1. The molecule has 1 aromatic rings. The molecule has 0 heterocycles. The number of terminal acetylenes is 1. The Labute approximate surface area is 79.0 Å². The van der Waals surface area contributed by atoms with Gasteiger partial charge in [0.1, 0.15) is 12.4 Å². The zero-order valence-electron chi connectivity index (χ0n) is 7.66. The van der Waals surface area contributed by atoms with E-state index in [1.165, 1.54) is 0 Å². The van der Waals surface area contributed by atoms with E-state index in [9.17, 15) is 0 Å². The van der Waals surface area contributed by atoms with E-state index < -0.39 is 0 Å². The zero-order valence-corrected chi connectivity index (χ0v) is 7.66. The molecule has 0 spiro atoms. The van der Waals surface area contributed by atoms with E-state index in [2.05, 4.69) is 5.92 Å². The van der Waals surface area contributed by atoms with Crippen LogP contribution in [0.3, 0.4) is 0 Å². The fraction of sp³-hybridized carbons (Fsp3) is 0.167. The highest BCUT2D eigenvalue weighted by Gasteiger charge is 1.96. The van der Waals surface area contributed by atoms with Gasteiger partial charge in [-0.2, -0.15) is 0 Å². The lowest BCUT2D eigenvalue weighted by Crippen LogP contribution is -1.95. The summed E-state index contributed by atoms with van der Waals surface area (Å²) in [6, 6.07) is 7.55. The van der Waals surface area contributed by atoms with Crippen LogP contribution in [0.2, 0.25) is 0 Å². The molecule has 0 aliphatic carbocycles. The largest absolute Gasteiger partial charge is 0.488 e. The van der Waals surface area contributed by atoms with E-state index >= 15 is 0 Å². The molecule has 0 N–H and O–H groups in total. The summed E-state index contributed by atoms with van der Waals surface area (Å²) in [5, 5.41) is 0. The van der Waals surface area contributed by atoms with E-state index in [-0.39, 0.29) is 0 Å². The molecule has 0 aliphatic heterocycles. The van der Waals surface area contributed by atoms with E-state index in [1.54, 1.807) is 0 Å². The summed E-state index contributed by atoms with van der Waals surface area (Å²) in [6.07, 6.45) is 9.19. The van der Waals surface area contributed by atoms with Crippen molar-refractivity contribution in [1.29, 1.82) is 0 Å². The molecule has 0 saturated heterocycles. The Bertz CT molecular complexity index is 331. The van der Waals surface area contributed by atoms with Crippen molar-refractivity contribution in [3.8, 4) is 18.1 Å². The van der Waals surface area contributed by atoms with Crippen LogP contribution in [0, 0.1) is 12.3 Å². The number of rotatable bonds is 3. The van der Waals surface area contributed by atoms with Crippen LogP contribution in [-0.4, -0.2) is 6.61 Å². The molecular weight excluding hydrogens is 160 g/mol. The SMILES string of the molecule is C#Cc1ccccc1OC/C=C\C. The van der Waals surface area contributed by atoms with Gasteiger partial charge in [0.15, 0.2) is 0 Å². The van der Waals surface area contributed by atoms with E-state index in [0.717, 1.165) is 11.3 Å². The van der Waals surface area contributed by atoms with Gasteiger partial charge in [0.25, 0.3) is 0 Å². The van der Waals surface area contributed by atoms with Crippen LogP contribution in [0.15, 0.2) is 36.4 Å². The minimum Gasteiger partial charge on any atom is -0.488 e. The first-order valence-corrected chi connectivity index (χ1v) is 4.18. The lowest BCUT2D eigenvalue weighted by Gasteiger charge is -2.04. The normalized spacial score (nSPS) is 9.85. The highest BCUT2D eigenvalue weighted by atomic mass is 16.5. The van der Waals surface area contributed by atoms with Crippen LogP contribution in [0.25, 0.3) is 0 Å². The second-order valence-corrected chi connectivity index (χ2v) is 2.52. The predicted octanol–water partition coefficient (Wildman–Crippen LogP) is 2.62. The van der Waals surface area contributed by atoms with Gasteiger partial charge in [-0.3, -0.25) is 0 Å². The van der Waals surface area contributed by atoms with Gasteiger partial charge in [0.05, 0.1) is 5.56 Å². The van der Waals surface area contributed by atoms with Gasteiger partial charge in [-0.25, -0.2) is 0 Å². The minimum absolute atomic E-state index is 0.565. The second kappa shape index (κ2) is 5.05. The zero-order chi connectivity index (χ0) is 9.52. The van der Waals surface area contributed by atoms with Crippen molar-refractivity contribution in [3.63, 3.8) is 0 Å². The molecule has 0 atom stereocenters. The van der Waals surface area contributed by atoms with Gasteiger partial charge in [0, 0.05) is 0 Å². The highest BCUT2D eigenvalue weighted by Crippen LogP contribution is 2.16. The summed E-state index contributed by atoms with van der Waals surface area (Å²) in [5.74, 6) is 3.34. The molecule has 66 valence electrons. The summed E-state index contributed by atoms with van der Waals surface area (Å²) in [7, 11) is 0. The number of benzene rings is 1. The monoisotopic (exact) mass is 172 g/mol. The van der Waals surface area contributed by atoms with Crippen LogP contribution >= 0.6 is 0 Å². The van der Waals surface area contributed by atoms with Crippen molar-refractivity contribution >= 4 is 0 Å².